The molecular weight excluding hydrogens is 470 g/mol. The Bertz CT molecular complexity index is 1270. The van der Waals surface area contributed by atoms with Gasteiger partial charge in [0.05, 0.1) is 25.7 Å². The summed E-state index contributed by atoms with van der Waals surface area (Å²) in [5.41, 5.74) is 5.10. The first-order valence-electron chi connectivity index (χ1n) is 10.3. The maximum Gasteiger partial charge on any atom is 0.250 e. The number of hydrazone groups is 1. The fourth-order valence-corrected chi connectivity index (χ4v) is 4.52. The highest BCUT2D eigenvalue weighted by atomic mass is 32.2. The first-order valence-corrected chi connectivity index (χ1v) is 12.2. The molecule has 1 amide bonds. The number of thioether (sulfide) groups is 1. The monoisotopic (exact) mass is 493 g/mol. The number of hydrogen-bond donors (Lipinski definition) is 1. The van der Waals surface area contributed by atoms with E-state index in [-0.39, 0.29) is 11.7 Å². The second kappa shape index (κ2) is 11.0. The van der Waals surface area contributed by atoms with Crippen molar-refractivity contribution in [3.05, 3.63) is 70.9 Å². The zero-order valence-corrected chi connectivity index (χ0v) is 20.5. The van der Waals surface area contributed by atoms with Crippen molar-refractivity contribution in [3.8, 4) is 28.6 Å². The van der Waals surface area contributed by atoms with E-state index in [9.17, 15) is 4.79 Å². The van der Waals surface area contributed by atoms with Crippen LogP contribution in [-0.2, 0) is 4.79 Å². The lowest BCUT2D eigenvalue weighted by Gasteiger charge is -2.11. The number of rotatable bonds is 9. The molecule has 0 unspecified atom stereocenters. The van der Waals surface area contributed by atoms with Crippen LogP contribution >= 0.6 is 23.1 Å². The smallest absolute Gasteiger partial charge is 0.250 e. The summed E-state index contributed by atoms with van der Waals surface area (Å²) in [4.78, 5) is 13.5. The highest BCUT2D eigenvalue weighted by molar-refractivity contribution is 7.99. The molecule has 2 aromatic heterocycles. The van der Waals surface area contributed by atoms with Crippen LogP contribution in [0.3, 0.4) is 0 Å². The molecule has 0 saturated carbocycles. The number of thiophene rings is 1. The molecule has 0 fully saturated rings. The molecule has 0 saturated heterocycles. The number of carbonyl (C=O) groups excluding carboxylic acids is 1. The second-order valence-electron chi connectivity index (χ2n) is 7.07. The van der Waals surface area contributed by atoms with Crippen molar-refractivity contribution in [2.24, 2.45) is 5.10 Å². The molecule has 0 aliphatic rings. The summed E-state index contributed by atoms with van der Waals surface area (Å²) in [6, 6.07) is 19.1. The van der Waals surface area contributed by atoms with Crippen molar-refractivity contribution >= 4 is 34.7 Å². The van der Waals surface area contributed by atoms with E-state index in [1.165, 1.54) is 11.8 Å². The number of ether oxygens (including phenoxy) is 2. The van der Waals surface area contributed by atoms with Crippen LogP contribution < -0.4 is 14.9 Å². The molecule has 2 heterocycles. The Hall–Kier alpha value is -3.63. The Labute approximate surface area is 205 Å². The van der Waals surface area contributed by atoms with Crippen molar-refractivity contribution in [1.29, 1.82) is 0 Å². The first kappa shape index (κ1) is 23.5. The van der Waals surface area contributed by atoms with Gasteiger partial charge in [0.2, 0.25) is 0 Å². The molecule has 0 bridgehead atoms. The summed E-state index contributed by atoms with van der Waals surface area (Å²) in [6.45, 7) is 1.86. The van der Waals surface area contributed by atoms with Crippen LogP contribution in [0.4, 0.5) is 0 Å². The van der Waals surface area contributed by atoms with Gasteiger partial charge in [0.1, 0.15) is 11.5 Å². The first-order chi connectivity index (χ1) is 16.6. The number of methoxy groups -OCH3 is 2. The lowest BCUT2D eigenvalue weighted by atomic mass is 10.2. The molecule has 0 aliphatic heterocycles. The van der Waals surface area contributed by atoms with Crippen LogP contribution in [0.5, 0.6) is 11.5 Å². The van der Waals surface area contributed by atoms with Gasteiger partial charge in [-0.15, -0.1) is 21.5 Å². The molecule has 0 spiro atoms. The summed E-state index contributed by atoms with van der Waals surface area (Å²) >= 11 is 2.86. The van der Waals surface area contributed by atoms with Crippen molar-refractivity contribution < 1.29 is 14.3 Å². The van der Waals surface area contributed by atoms with Gasteiger partial charge in [-0.3, -0.25) is 9.36 Å². The van der Waals surface area contributed by atoms with E-state index >= 15 is 0 Å². The lowest BCUT2D eigenvalue weighted by molar-refractivity contribution is -0.118. The van der Waals surface area contributed by atoms with Gasteiger partial charge in [-0.1, -0.05) is 17.8 Å². The summed E-state index contributed by atoms with van der Waals surface area (Å²) in [5, 5.41) is 15.5. The van der Waals surface area contributed by atoms with E-state index in [0.29, 0.717) is 11.0 Å². The molecule has 2 aromatic carbocycles. The predicted octanol–water partition coefficient (Wildman–Crippen LogP) is 4.65. The number of carbonyl (C=O) groups is 1. The van der Waals surface area contributed by atoms with Crippen LogP contribution in [0.1, 0.15) is 11.8 Å². The van der Waals surface area contributed by atoms with Crippen molar-refractivity contribution in [2.45, 2.75) is 12.1 Å². The summed E-state index contributed by atoms with van der Waals surface area (Å²) < 4.78 is 12.5. The molecule has 1 N–H and O–H groups in total. The van der Waals surface area contributed by atoms with Crippen LogP contribution in [-0.4, -0.2) is 46.4 Å². The molecule has 174 valence electrons. The van der Waals surface area contributed by atoms with Gasteiger partial charge >= 0.3 is 0 Å². The van der Waals surface area contributed by atoms with Gasteiger partial charge in [0, 0.05) is 16.1 Å². The summed E-state index contributed by atoms with van der Waals surface area (Å²) in [7, 11) is 3.25. The molecule has 10 heteroatoms. The third-order valence-corrected chi connectivity index (χ3v) is 6.78. The van der Waals surface area contributed by atoms with E-state index in [1.54, 1.807) is 25.6 Å². The maximum absolute atomic E-state index is 12.4. The SMILES string of the molecule is COc1ccc(-c2nnc(SCC(=O)N/N=C(\C)c3cccs3)n2-c2ccc(OC)cc2)cc1. The average Bonchev–Trinajstić information content (AvgIpc) is 3.57. The number of nitrogens with zero attached hydrogens (tertiary/aromatic N) is 4. The van der Waals surface area contributed by atoms with E-state index < -0.39 is 0 Å². The zero-order valence-electron chi connectivity index (χ0n) is 18.9. The van der Waals surface area contributed by atoms with Crippen molar-refractivity contribution in [1.82, 2.24) is 20.2 Å². The van der Waals surface area contributed by atoms with Gasteiger partial charge in [-0.2, -0.15) is 5.10 Å². The van der Waals surface area contributed by atoms with Gasteiger partial charge in [-0.25, -0.2) is 5.43 Å². The highest BCUT2D eigenvalue weighted by Crippen LogP contribution is 2.29. The zero-order chi connectivity index (χ0) is 23.9. The Morgan fingerprint density at radius 2 is 1.71 bits per heavy atom. The Morgan fingerprint density at radius 1 is 1.03 bits per heavy atom. The molecule has 0 radical (unpaired) electrons. The number of hydrogen-bond acceptors (Lipinski definition) is 8. The third kappa shape index (κ3) is 5.46. The lowest BCUT2D eigenvalue weighted by Crippen LogP contribution is -2.21. The van der Waals surface area contributed by atoms with Gasteiger partial charge in [-0.05, 0) is 66.9 Å². The molecule has 8 nitrogen and oxygen atoms in total. The average molecular weight is 494 g/mol. The van der Waals surface area contributed by atoms with E-state index in [4.69, 9.17) is 9.47 Å². The number of amides is 1. The van der Waals surface area contributed by atoms with Crippen molar-refractivity contribution in [3.63, 3.8) is 0 Å². The minimum absolute atomic E-state index is 0.137. The van der Waals surface area contributed by atoms with Crippen LogP contribution in [0.2, 0.25) is 0 Å². The van der Waals surface area contributed by atoms with E-state index in [1.807, 2.05) is 77.5 Å². The molecule has 34 heavy (non-hydrogen) atoms. The third-order valence-electron chi connectivity index (χ3n) is 4.87. The minimum atomic E-state index is -0.226. The molecule has 0 aliphatic carbocycles. The van der Waals surface area contributed by atoms with Gasteiger partial charge < -0.3 is 9.47 Å². The molecule has 4 rings (SSSR count). The fourth-order valence-electron chi connectivity index (χ4n) is 3.10. The number of aromatic nitrogens is 3. The van der Waals surface area contributed by atoms with E-state index in [2.05, 4.69) is 20.7 Å². The largest absolute Gasteiger partial charge is 0.497 e. The number of nitrogens with one attached hydrogen (secondary N) is 1. The summed E-state index contributed by atoms with van der Waals surface area (Å²) in [5.74, 6) is 2.07. The predicted molar refractivity (Wildman–Crippen MR) is 135 cm³/mol. The Kier molecular flexibility index (Phi) is 7.61. The fraction of sp³-hybridized carbons (Fsp3) is 0.167. The summed E-state index contributed by atoms with van der Waals surface area (Å²) in [6.07, 6.45) is 0. The molecule has 0 atom stereocenters. The normalized spacial score (nSPS) is 11.3. The van der Waals surface area contributed by atoms with Crippen LogP contribution in [0.25, 0.3) is 17.1 Å². The quantitative estimate of drug-likeness (QED) is 0.207. The molecular formula is C24H23N5O3S2. The van der Waals surface area contributed by atoms with Gasteiger partial charge in [0.15, 0.2) is 11.0 Å². The second-order valence-corrected chi connectivity index (χ2v) is 8.96. The van der Waals surface area contributed by atoms with Crippen molar-refractivity contribution in [2.75, 3.05) is 20.0 Å². The van der Waals surface area contributed by atoms with E-state index in [0.717, 1.165) is 33.3 Å². The molecule has 4 aromatic rings. The van der Waals surface area contributed by atoms with Gasteiger partial charge in [0.25, 0.3) is 5.91 Å². The number of benzene rings is 2. The Balaban J connectivity index is 1.56. The van der Waals surface area contributed by atoms with Crippen LogP contribution in [0.15, 0.2) is 76.3 Å². The Morgan fingerprint density at radius 3 is 2.32 bits per heavy atom. The minimum Gasteiger partial charge on any atom is -0.497 e. The maximum atomic E-state index is 12.4. The standard InChI is InChI=1S/C24H23N5O3S2/c1-16(21-5-4-14-33-21)25-26-22(30)15-34-24-28-27-23(17-6-10-19(31-2)11-7-17)29(24)18-8-12-20(32-3)13-9-18/h4-14H,15H2,1-3H3,(H,26,30)/b25-16+. The van der Waals surface area contributed by atoms with Crippen LogP contribution in [0, 0.1) is 0 Å². The highest BCUT2D eigenvalue weighted by Gasteiger charge is 2.17. The topological polar surface area (TPSA) is 90.6 Å².